The molecule has 1 saturated carbocycles. The topological polar surface area (TPSA) is 102 Å². The van der Waals surface area contributed by atoms with Crippen LogP contribution in [0, 0.1) is 0 Å². The van der Waals surface area contributed by atoms with Gasteiger partial charge in [0, 0.05) is 31.2 Å². The van der Waals surface area contributed by atoms with Crippen molar-refractivity contribution >= 4 is 17.0 Å². The summed E-state index contributed by atoms with van der Waals surface area (Å²) in [5.41, 5.74) is -0.551. The molecule has 2 aromatic rings. The minimum absolute atomic E-state index is 0.0446. The van der Waals surface area contributed by atoms with Crippen LogP contribution in [0.4, 0.5) is 0 Å². The van der Waals surface area contributed by atoms with Crippen LogP contribution >= 0.6 is 0 Å². The van der Waals surface area contributed by atoms with Crippen molar-refractivity contribution in [1.82, 2.24) is 9.97 Å². The highest BCUT2D eigenvalue weighted by Crippen LogP contribution is 2.43. The number of carbonyl (C=O) groups is 1. The molecular formula is C13H12N2O5. The van der Waals surface area contributed by atoms with Gasteiger partial charge >= 0.3 is 5.97 Å². The number of rotatable bonds is 4. The Bertz CT molecular complexity index is 696. The van der Waals surface area contributed by atoms with Gasteiger partial charge in [0.05, 0.1) is 12.6 Å². The summed E-state index contributed by atoms with van der Waals surface area (Å²) >= 11 is 0. The fraction of sp³-hybridized carbons (Fsp3) is 0.308. The van der Waals surface area contributed by atoms with Crippen LogP contribution in [0.2, 0.25) is 0 Å². The molecule has 2 aromatic heterocycles. The second-order valence-electron chi connectivity index (χ2n) is 4.60. The Kier molecular flexibility index (Phi) is 2.63. The largest absolute Gasteiger partial charge is 0.506 e. The molecule has 0 bridgehead atoms. The van der Waals surface area contributed by atoms with E-state index in [4.69, 9.17) is 14.6 Å². The van der Waals surface area contributed by atoms with Crippen molar-refractivity contribution < 1.29 is 24.5 Å². The van der Waals surface area contributed by atoms with Gasteiger partial charge in [-0.25, -0.2) is 9.78 Å². The standard InChI is InChI=1S/C13H12N2O5/c1-19-9-6-7-10(8(16)2-5-14-7)15-11(9)20-13(3-4-13)12(17)18/h2,5-6H,3-4H2,1H3,(H,14,16)(H,17,18). The van der Waals surface area contributed by atoms with Gasteiger partial charge in [0.15, 0.2) is 5.75 Å². The number of fused-ring (bicyclic) bond motifs is 1. The quantitative estimate of drug-likeness (QED) is 0.868. The maximum atomic E-state index is 11.2. The Labute approximate surface area is 113 Å². The van der Waals surface area contributed by atoms with E-state index < -0.39 is 11.6 Å². The molecule has 0 saturated heterocycles. The average Bonchev–Trinajstić information content (AvgIpc) is 3.20. The first-order chi connectivity index (χ1) is 9.55. The Morgan fingerprint density at radius 3 is 2.80 bits per heavy atom. The van der Waals surface area contributed by atoms with Crippen molar-refractivity contribution in [2.24, 2.45) is 0 Å². The van der Waals surface area contributed by atoms with Crippen molar-refractivity contribution in [3.63, 3.8) is 0 Å². The van der Waals surface area contributed by atoms with E-state index in [9.17, 15) is 9.90 Å². The molecule has 104 valence electrons. The predicted octanol–water partition coefficient (Wildman–Crippen LogP) is 1.34. The Morgan fingerprint density at radius 2 is 2.20 bits per heavy atom. The molecule has 7 nitrogen and oxygen atoms in total. The zero-order valence-electron chi connectivity index (χ0n) is 10.7. The molecule has 3 rings (SSSR count). The molecule has 0 aromatic carbocycles. The Morgan fingerprint density at radius 1 is 1.45 bits per heavy atom. The fourth-order valence-corrected chi connectivity index (χ4v) is 1.90. The highest BCUT2D eigenvalue weighted by atomic mass is 16.6. The zero-order valence-corrected chi connectivity index (χ0v) is 10.7. The van der Waals surface area contributed by atoms with Crippen molar-refractivity contribution in [3.8, 4) is 17.4 Å². The highest BCUT2D eigenvalue weighted by molar-refractivity contribution is 5.84. The number of pyridine rings is 2. The number of aliphatic carboxylic acids is 1. The van der Waals surface area contributed by atoms with E-state index in [2.05, 4.69) is 9.97 Å². The summed E-state index contributed by atoms with van der Waals surface area (Å²) in [6.45, 7) is 0. The molecule has 0 aliphatic heterocycles. The van der Waals surface area contributed by atoms with Crippen LogP contribution in [0.1, 0.15) is 12.8 Å². The normalized spacial score (nSPS) is 15.8. The van der Waals surface area contributed by atoms with Gasteiger partial charge < -0.3 is 19.7 Å². The SMILES string of the molecule is COc1cc2nccc(O)c2nc1OC1(C(=O)O)CC1. The predicted molar refractivity (Wildman–Crippen MR) is 68.0 cm³/mol. The molecule has 1 aliphatic rings. The maximum Gasteiger partial charge on any atom is 0.348 e. The van der Waals surface area contributed by atoms with Crippen LogP contribution in [0.3, 0.4) is 0 Å². The van der Waals surface area contributed by atoms with Crippen molar-refractivity contribution in [2.45, 2.75) is 18.4 Å². The third kappa shape index (κ3) is 1.87. The number of hydrogen-bond acceptors (Lipinski definition) is 6. The fourth-order valence-electron chi connectivity index (χ4n) is 1.90. The van der Waals surface area contributed by atoms with Crippen molar-refractivity contribution in [3.05, 3.63) is 18.3 Å². The first kappa shape index (κ1) is 12.5. The summed E-state index contributed by atoms with van der Waals surface area (Å²) in [6, 6.07) is 2.95. The van der Waals surface area contributed by atoms with Gasteiger partial charge in [0.25, 0.3) is 5.88 Å². The summed E-state index contributed by atoms with van der Waals surface area (Å²) < 4.78 is 10.6. The second-order valence-corrected chi connectivity index (χ2v) is 4.60. The summed E-state index contributed by atoms with van der Waals surface area (Å²) in [5, 5.41) is 18.9. The molecular weight excluding hydrogens is 264 g/mol. The van der Waals surface area contributed by atoms with Gasteiger partial charge in [0.1, 0.15) is 11.3 Å². The summed E-state index contributed by atoms with van der Waals surface area (Å²) in [5.74, 6) is -0.758. The number of ether oxygens (including phenoxy) is 2. The first-order valence-electron chi connectivity index (χ1n) is 6.01. The van der Waals surface area contributed by atoms with E-state index in [1.165, 1.54) is 19.4 Å². The number of hydrogen-bond donors (Lipinski definition) is 2. The van der Waals surface area contributed by atoms with Crippen LogP contribution in [-0.2, 0) is 4.79 Å². The number of nitrogens with zero attached hydrogens (tertiary/aromatic N) is 2. The lowest BCUT2D eigenvalue weighted by atomic mass is 10.3. The molecule has 0 unspecified atom stereocenters. The van der Waals surface area contributed by atoms with Crippen LogP contribution in [0.5, 0.6) is 17.4 Å². The van der Waals surface area contributed by atoms with Crippen LogP contribution in [0.25, 0.3) is 11.0 Å². The number of carboxylic acid groups (broad SMARTS) is 1. The van der Waals surface area contributed by atoms with Gasteiger partial charge in [-0.3, -0.25) is 4.98 Å². The van der Waals surface area contributed by atoms with Gasteiger partial charge in [-0.1, -0.05) is 0 Å². The van der Waals surface area contributed by atoms with Crippen LogP contribution in [-0.4, -0.2) is 38.9 Å². The van der Waals surface area contributed by atoms with E-state index in [0.29, 0.717) is 18.4 Å². The molecule has 0 atom stereocenters. The number of aromatic hydroxyl groups is 1. The zero-order chi connectivity index (χ0) is 14.3. The second kappa shape index (κ2) is 4.22. The Balaban J connectivity index is 2.09. The van der Waals surface area contributed by atoms with E-state index >= 15 is 0 Å². The van der Waals surface area contributed by atoms with Gasteiger partial charge in [0.2, 0.25) is 5.60 Å². The molecule has 1 fully saturated rings. The summed E-state index contributed by atoms with van der Waals surface area (Å²) in [4.78, 5) is 19.4. The lowest BCUT2D eigenvalue weighted by Crippen LogP contribution is -2.29. The van der Waals surface area contributed by atoms with E-state index in [1.54, 1.807) is 6.07 Å². The van der Waals surface area contributed by atoms with Gasteiger partial charge in [-0.05, 0) is 0 Å². The van der Waals surface area contributed by atoms with Gasteiger partial charge in [-0.15, -0.1) is 0 Å². The molecule has 0 spiro atoms. The molecule has 0 radical (unpaired) electrons. The Hall–Kier alpha value is -2.57. The summed E-state index contributed by atoms with van der Waals surface area (Å²) in [6.07, 6.45) is 2.29. The molecule has 0 amide bonds. The lowest BCUT2D eigenvalue weighted by Gasteiger charge is -2.15. The summed E-state index contributed by atoms with van der Waals surface area (Å²) in [7, 11) is 1.43. The van der Waals surface area contributed by atoms with Crippen molar-refractivity contribution in [2.75, 3.05) is 7.11 Å². The third-order valence-corrected chi connectivity index (χ3v) is 3.23. The minimum Gasteiger partial charge on any atom is -0.506 e. The minimum atomic E-state index is -1.23. The third-order valence-electron chi connectivity index (χ3n) is 3.23. The van der Waals surface area contributed by atoms with E-state index in [0.717, 1.165) is 0 Å². The lowest BCUT2D eigenvalue weighted by molar-refractivity contribution is -0.147. The monoisotopic (exact) mass is 276 g/mol. The van der Waals surface area contributed by atoms with E-state index in [-0.39, 0.29) is 22.9 Å². The van der Waals surface area contributed by atoms with E-state index in [1.807, 2.05) is 0 Å². The average molecular weight is 276 g/mol. The van der Waals surface area contributed by atoms with Crippen molar-refractivity contribution in [1.29, 1.82) is 0 Å². The number of aromatic nitrogens is 2. The molecule has 2 N–H and O–H groups in total. The van der Waals surface area contributed by atoms with Crippen LogP contribution < -0.4 is 9.47 Å². The molecule has 20 heavy (non-hydrogen) atoms. The molecule has 7 heteroatoms. The first-order valence-corrected chi connectivity index (χ1v) is 6.01. The maximum absolute atomic E-state index is 11.2. The van der Waals surface area contributed by atoms with Gasteiger partial charge in [-0.2, -0.15) is 0 Å². The number of methoxy groups -OCH3 is 1. The molecule has 2 heterocycles. The molecule has 1 aliphatic carbocycles. The highest BCUT2D eigenvalue weighted by Gasteiger charge is 2.54. The van der Waals surface area contributed by atoms with Crippen LogP contribution in [0.15, 0.2) is 18.3 Å². The number of carboxylic acids is 1. The smallest absolute Gasteiger partial charge is 0.348 e.